The topological polar surface area (TPSA) is 83.5 Å². The first-order chi connectivity index (χ1) is 11.5. The van der Waals surface area contributed by atoms with Crippen LogP contribution >= 0.6 is 11.6 Å². The summed E-state index contributed by atoms with van der Waals surface area (Å²) >= 11 is 5.84. The molecule has 6 nitrogen and oxygen atoms in total. The zero-order valence-electron chi connectivity index (χ0n) is 13.1. The predicted octanol–water partition coefficient (Wildman–Crippen LogP) is 2.91. The fraction of sp³-hybridized carbons (Fsp3) is 0.176. The van der Waals surface area contributed by atoms with Gasteiger partial charge in [-0.05, 0) is 37.3 Å². The van der Waals surface area contributed by atoms with Gasteiger partial charge in [-0.15, -0.1) is 0 Å². The molecule has 0 aliphatic rings. The van der Waals surface area contributed by atoms with Crippen LogP contribution in [0, 0.1) is 6.92 Å². The van der Waals surface area contributed by atoms with Gasteiger partial charge in [-0.1, -0.05) is 23.7 Å². The lowest BCUT2D eigenvalue weighted by Gasteiger charge is -2.05. The zero-order valence-corrected chi connectivity index (χ0v) is 13.9. The fourth-order valence-corrected chi connectivity index (χ4v) is 2.07. The quantitative estimate of drug-likeness (QED) is 0.624. The number of halogens is 1. The number of carbonyl (C=O) groups is 2. The number of anilines is 1. The highest BCUT2D eigenvalue weighted by atomic mass is 35.5. The molecule has 2 N–H and O–H groups in total. The number of hydrazone groups is 1. The molecule has 24 heavy (non-hydrogen) atoms. The van der Waals surface area contributed by atoms with E-state index in [0.29, 0.717) is 16.4 Å². The van der Waals surface area contributed by atoms with Crippen molar-refractivity contribution in [3.63, 3.8) is 0 Å². The molecule has 0 atom stereocenters. The Labute approximate surface area is 144 Å². The van der Waals surface area contributed by atoms with Crippen LogP contribution in [0.5, 0.6) is 0 Å². The predicted molar refractivity (Wildman–Crippen MR) is 94.0 cm³/mol. The molecule has 0 unspecified atom stereocenters. The minimum atomic E-state index is -0.347. The standard InChI is InChI=1S/C17H17ClN4O2/c1-12-4-2-7-15(20-12)11-19-22-17(24)9-8-16(23)21-14-6-3-5-13(18)10-14/h2-7,10-11H,8-9H2,1H3,(H,21,23)(H,22,24)/b19-11+. The first-order valence-corrected chi connectivity index (χ1v) is 7.72. The van der Waals surface area contributed by atoms with E-state index in [4.69, 9.17) is 11.6 Å². The number of hydrogen-bond donors (Lipinski definition) is 2. The number of rotatable bonds is 6. The van der Waals surface area contributed by atoms with Gasteiger partial charge in [0.1, 0.15) is 0 Å². The maximum atomic E-state index is 11.8. The van der Waals surface area contributed by atoms with Gasteiger partial charge < -0.3 is 5.32 Å². The molecule has 7 heteroatoms. The first-order valence-electron chi connectivity index (χ1n) is 7.34. The Bertz CT molecular complexity index is 762. The van der Waals surface area contributed by atoms with Crippen molar-refractivity contribution < 1.29 is 9.59 Å². The first kappa shape index (κ1) is 17.6. The van der Waals surface area contributed by atoms with Crippen molar-refractivity contribution in [1.29, 1.82) is 0 Å². The molecule has 0 bridgehead atoms. The molecule has 0 fully saturated rings. The number of amides is 2. The van der Waals surface area contributed by atoms with E-state index in [1.165, 1.54) is 6.21 Å². The van der Waals surface area contributed by atoms with Crippen LogP contribution in [0.4, 0.5) is 5.69 Å². The second-order valence-electron chi connectivity index (χ2n) is 5.06. The molecule has 2 aromatic rings. The highest BCUT2D eigenvalue weighted by Gasteiger charge is 2.07. The van der Waals surface area contributed by atoms with E-state index < -0.39 is 0 Å². The van der Waals surface area contributed by atoms with Gasteiger partial charge in [0.2, 0.25) is 11.8 Å². The van der Waals surface area contributed by atoms with Gasteiger partial charge in [-0.2, -0.15) is 5.10 Å². The smallest absolute Gasteiger partial charge is 0.240 e. The SMILES string of the molecule is Cc1cccc(/C=N/NC(=O)CCC(=O)Nc2cccc(Cl)c2)n1. The molecule has 124 valence electrons. The van der Waals surface area contributed by atoms with Crippen molar-refractivity contribution >= 4 is 35.3 Å². The average Bonchev–Trinajstić information content (AvgIpc) is 2.53. The summed E-state index contributed by atoms with van der Waals surface area (Å²) in [6, 6.07) is 12.3. The Hall–Kier alpha value is -2.73. The molecular formula is C17H17ClN4O2. The van der Waals surface area contributed by atoms with Gasteiger partial charge in [0, 0.05) is 29.2 Å². The molecule has 0 saturated carbocycles. The number of nitrogens with one attached hydrogen (secondary N) is 2. The molecule has 1 aromatic carbocycles. The molecule has 0 aliphatic carbocycles. The van der Waals surface area contributed by atoms with Crippen molar-refractivity contribution in [1.82, 2.24) is 10.4 Å². The third kappa shape index (κ3) is 6.18. The Morgan fingerprint density at radius 2 is 1.92 bits per heavy atom. The number of nitrogens with zero attached hydrogens (tertiary/aromatic N) is 2. The summed E-state index contributed by atoms with van der Waals surface area (Å²) in [7, 11) is 0. The minimum absolute atomic E-state index is 0.0327. The van der Waals surface area contributed by atoms with Crippen LogP contribution in [0.2, 0.25) is 5.02 Å². The average molecular weight is 345 g/mol. The van der Waals surface area contributed by atoms with Crippen LogP contribution in [-0.4, -0.2) is 23.0 Å². The summed E-state index contributed by atoms with van der Waals surface area (Å²) in [5.74, 6) is -0.614. The monoisotopic (exact) mass is 344 g/mol. The van der Waals surface area contributed by atoms with Crippen LogP contribution in [0.1, 0.15) is 24.2 Å². The van der Waals surface area contributed by atoms with Crippen molar-refractivity contribution in [2.75, 3.05) is 5.32 Å². The highest BCUT2D eigenvalue weighted by Crippen LogP contribution is 2.15. The van der Waals surface area contributed by atoms with Crippen LogP contribution in [0.15, 0.2) is 47.6 Å². The summed E-state index contributed by atoms with van der Waals surface area (Å²) < 4.78 is 0. The third-order valence-electron chi connectivity index (χ3n) is 2.98. The summed E-state index contributed by atoms with van der Waals surface area (Å²) in [6.45, 7) is 1.87. The normalized spacial score (nSPS) is 10.6. The van der Waals surface area contributed by atoms with E-state index in [-0.39, 0.29) is 24.7 Å². The van der Waals surface area contributed by atoms with Gasteiger partial charge in [-0.25, -0.2) is 5.43 Å². The Kier molecular flexibility index (Phi) is 6.45. The molecule has 0 radical (unpaired) electrons. The summed E-state index contributed by atoms with van der Waals surface area (Å²) in [5.41, 5.74) is 4.47. The van der Waals surface area contributed by atoms with Crippen molar-refractivity contribution in [2.45, 2.75) is 19.8 Å². The van der Waals surface area contributed by atoms with Crippen LogP contribution < -0.4 is 10.7 Å². The van der Waals surface area contributed by atoms with Crippen molar-refractivity contribution in [3.05, 3.63) is 58.9 Å². The Balaban J connectivity index is 1.73. The molecule has 0 aliphatic heterocycles. The van der Waals surface area contributed by atoms with E-state index >= 15 is 0 Å². The van der Waals surface area contributed by atoms with Gasteiger partial charge in [0.15, 0.2) is 0 Å². The summed E-state index contributed by atoms with van der Waals surface area (Å²) in [6.07, 6.45) is 1.54. The molecule has 2 rings (SSSR count). The minimum Gasteiger partial charge on any atom is -0.326 e. The second kappa shape index (κ2) is 8.79. The molecule has 2 amide bonds. The largest absolute Gasteiger partial charge is 0.326 e. The lowest BCUT2D eigenvalue weighted by Crippen LogP contribution is -2.20. The summed E-state index contributed by atoms with van der Waals surface area (Å²) in [4.78, 5) is 27.7. The van der Waals surface area contributed by atoms with E-state index in [1.807, 2.05) is 19.1 Å². The molecule has 0 saturated heterocycles. The van der Waals surface area contributed by atoms with E-state index in [1.54, 1.807) is 30.3 Å². The van der Waals surface area contributed by atoms with E-state index in [0.717, 1.165) is 5.69 Å². The zero-order chi connectivity index (χ0) is 17.4. The van der Waals surface area contributed by atoms with Crippen molar-refractivity contribution in [3.8, 4) is 0 Å². The number of aromatic nitrogens is 1. The Morgan fingerprint density at radius 3 is 2.67 bits per heavy atom. The third-order valence-corrected chi connectivity index (χ3v) is 3.22. The molecule has 1 heterocycles. The number of hydrogen-bond acceptors (Lipinski definition) is 4. The number of benzene rings is 1. The van der Waals surface area contributed by atoms with Crippen LogP contribution in [0.3, 0.4) is 0 Å². The van der Waals surface area contributed by atoms with Crippen molar-refractivity contribution in [2.24, 2.45) is 5.10 Å². The number of pyridine rings is 1. The highest BCUT2D eigenvalue weighted by molar-refractivity contribution is 6.30. The lowest BCUT2D eigenvalue weighted by atomic mass is 10.2. The lowest BCUT2D eigenvalue weighted by molar-refractivity contribution is -0.124. The maximum absolute atomic E-state index is 11.8. The second-order valence-corrected chi connectivity index (χ2v) is 5.49. The molecule has 0 spiro atoms. The van der Waals surface area contributed by atoms with Gasteiger partial charge in [0.25, 0.3) is 0 Å². The number of aryl methyl sites for hydroxylation is 1. The van der Waals surface area contributed by atoms with Crippen LogP contribution in [0.25, 0.3) is 0 Å². The van der Waals surface area contributed by atoms with E-state index in [2.05, 4.69) is 20.8 Å². The summed E-state index contributed by atoms with van der Waals surface area (Å²) in [5, 5.41) is 7.03. The maximum Gasteiger partial charge on any atom is 0.240 e. The Morgan fingerprint density at radius 1 is 1.17 bits per heavy atom. The molecule has 1 aromatic heterocycles. The van der Waals surface area contributed by atoms with Gasteiger partial charge in [0.05, 0.1) is 11.9 Å². The van der Waals surface area contributed by atoms with Crippen LogP contribution in [-0.2, 0) is 9.59 Å². The van der Waals surface area contributed by atoms with E-state index in [9.17, 15) is 9.59 Å². The van der Waals surface area contributed by atoms with Gasteiger partial charge >= 0.3 is 0 Å². The van der Waals surface area contributed by atoms with Gasteiger partial charge in [-0.3, -0.25) is 14.6 Å². The molecular weight excluding hydrogens is 328 g/mol. The fourth-order valence-electron chi connectivity index (χ4n) is 1.88. The number of carbonyl (C=O) groups excluding carboxylic acids is 2.